The summed E-state index contributed by atoms with van der Waals surface area (Å²) in [5, 5.41) is 0. The molecule has 1 atom stereocenters. The maximum atomic E-state index is 10.3. The molecule has 0 aliphatic heterocycles. The van der Waals surface area contributed by atoms with Gasteiger partial charge in [0.25, 0.3) is 8.53 Å². The highest BCUT2D eigenvalue weighted by molar-refractivity contribution is 7.43. The molecule has 0 aliphatic rings. The van der Waals surface area contributed by atoms with Crippen LogP contribution in [0.5, 0.6) is 0 Å². The predicted molar refractivity (Wildman–Crippen MR) is 99.1 cm³/mol. The molecule has 0 aromatic rings. The molecule has 22 heavy (non-hydrogen) atoms. The van der Waals surface area contributed by atoms with Gasteiger partial charge < -0.3 is 9.42 Å². The first-order valence-electron chi connectivity index (χ1n) is 9.63. The van der Waals surface area contributed by atoms with Crippen molar-refractivity contribution in [1.29, 1.82) is 0 Å². The number of hydrogen-bond acceptors (Lipinski definition) is 3. The van der Waals surface area contributed by atoms with Crippen molar-refractivity contribution in [2.24, 2.45) is 0 Å². The summed E-state index contributed by atoms with van der Waals surface area (Å²) in [6.07, 6.45) is 14.8. The lowest BCUT2D eigenvalue weighted by molar-refractivity contribution is 0.244. The van der Waals surface area contributed by atoms with Crippen molar-refractivity contribution < 1.29 is 9.42 Å². The quantitative estimate of drug-likeness (QED) is 0.252. The van der Waals surface area contributed by atoms with E-state index >= 15 is 0 Å². The Kier molecular flexibility index (Phi) is 17.9. The molecule has 0 saturated heterocycles. The van der Waals surface area contributed by atoms with Gasteiger partial charge in [-0.3, -0.25) is 0 Å². The van der Waals surface area contributed by atoms with E-state index < -0.39 is 8.53 Å². The third kappa shape index (κ3) is 13.9. The lowest BCUT2D eigenvalue weighted by Crippen LogP contribution is -2.22. The van der Waals surface area contributed by atoms with Crippen molar-refractivity contribution in [3.8, 4) is 0 Å². The van der Waals surface area contributed by atoms with Crippen LogP contribution in [0.2, 0.25) is 0 Å². The summed E-state index contributed by atoms with van der Waals surface area (Å²) < 4.78 is 7.91. The molecule has 0 rings (SSSR count). The third-order valence-electron chi connectivity index (χ3n) is 3.99. The average molecular weight is 333 g/mol. The first-order chi connectivity index (χ1) is 10.8. The van der Waals surface area contributed by atoms with Crippen molar-refractivity contribution in [2.75, 3.05) is 19.7 Å². The van der Waals surface area contributed by atoms with Crippen LogP contribution >= 0.6 is 8.53 Å². The fraction of sp³-hybridized carbons (Fsp3) is 1.00. The Hall–Kier alpha value is 0.310. The Morgan fingerprint density at radius 1 is 0.682 bits per heavy atom. The summed E-state index contributed by atoms with van der Waals surface area (Å²) in [6.45, 7) is 9.38. The van der Waals surface area contributed by atoms with E-state index in [0.717, 1.165) is 19.5 Å². The van der Waals surface area contributed by atoms with Crippen LogP contribution in [-0.2, 0) is 4.52 Å². The van der Waals surface area contributed by atoms with Crippen molar-refractivity contribution in [2.45, 2.75) is 97.8 Å². The van der Waals surface area contributed by atoms with E-state index in [9.17, 15) is 4.89 Å². The minimum atomic E-state index is -1.37. The van der Waals surface area contributed by atoms with Crippen molar-refractivity contribution in [3.05, 3.63) is 0 Å². The second-order valence-electron chi connectivity index (χ2n) is 6.22. The Balaban J connectivity index is 3.94. The Morgan fingerprint density at radius 2 is 1.14 bits per heavy atom. The lowest BCUT2D eigenvalue weighted by Gasteiger charge is -2.26. The number of rotatable bonds is 17. The van der Waals surface area contributed by atoms with E-state index in [1.165, 1.54) is 70.6 Å². The van der Waals surface area contributed by atoms with E-state index in [1.807, 2.05) is 0 Å². The van der Waals surface area contributed by atoms with E-state index in [-0.39, 0.29) is 0 Å². The van der Waals surface area contributed by atoms with Crippen molar-refractivity contribution in [1.82, 2.24) is 4.67 Å². The molecule has 0 bridgehead atoms. The highest BCUT2D eigenvalue weighted by atomic mass is 31.2. The second-order valence-corrected chi connectivity index (χ2v) is 7.55. The molecule has 0 aromatic carbocycles. The van der Waals surface area contributed by atoms with Gasteiger partial charge in [0, 0.05) is 13.1 Å². The van der Waals surface area contributed by atoms with Gasteiger partial charge in [-0.05, 0) is 19.3 Å². The molecular formula is C18H40NO2P. The highest BCUT2D eigenvalue weighted by Gasteiger charge is 2.16. The van der Waals surface area contributed by atoms with Gasteiger partial charge in [-0.15, -0.1) is 0 Å². The van der Waals surface area contributed by atoms with Crippen LogP contribution in [0.25, 0.3) is 0 Å². The van der Waals surface area contributed by atoms with Crippen molar-refractivity contribution >= 4 is 8.53 Å². The summed E-state index contributed by atoms with van der Waals surface area (Å²) in [6, 6.07) is 0. The third-order valence-corrected chi connectivity index (χ3v) is 5.28. The molecule has 1 unspecified atom stereocenters. The lowest BCUT2D eigenvalue weighted by atomic mass is 10.2. The standard InChI is InChI=1S/C18H40NO2P/c1-4-7-10-13-16-19(17-14-11-8-5-2)22(20)21-18-15-12-9-6-3/h20H,4-18H2,1-3H3. The molecule has 1 N–H and O–H groups in total. The zero-order chi connectivity index (χ0) is 16.5. The Morgan fingerprint density at radius 3 is 1.59 bits per heavy atom. The normalized spacial score (nSPS) is 13.0. The molecular weight excluding hydrogens is 293 g/mol. The predicted octanol–water partition coefficient (Wildman–Crippen LogP) is 6.27. The van der Waals surface area contributed by atoms with Gasteiger partial charge in [0.05, 0.1) is 6.61 Å². The first kappa shape index (κ1) is 22.3. The SMILES string of the molecule is CCCCCCOP(O)N(CCCCCC)CCCCCC. The van der Waals surface area contributed by atoms with Crippen LogP contribution in [0.3, 0.4) is 0 Å². The maximum absolute atomic E-state index is 10.3. The summed E-state index contributed by atoms with van der Waals surface area (Å²) in [4.78, 5) is 10.3. The number of nitrogens with zero attached hydrogens (tertiary/aromatic N) is 1. The summed E-state index contributed by atoms with van der Waals surface area (Å²) in [7, 11) is -1.37. The summed E-state index contributed by atoms with van der Waals surface area (Å²) in [5.41, 5.74) is 0. The highest BCUT2D eigenvalue weighted by Crippen LogP contribution is 2.37. The van der Waals surface area contributed by atoms with Gasteiger partial charge in [-0.1, -0.05) is 78.6 Å². The first-order valence-corrected chi connectivity index (χ1v) is 10.8. The Labute approximate surface area is 140 Å². The molecule has 0 radical (unpaired) electrons. The molecule has 0 aromatic heterocycles. The average Bonchev–Trinajstić information content (AvgIpc) is 2.53. The largest absolute Gasteiger partial charge is 0.338 e. The van der Waals surface area contributed by atoms with E-state index in [4.69, 9.17) is 4.52 Å². The minimum absolute atomic E-state index is 0.711. The zero-order valence-corrected chi connectivity index (χ0v) is 16.3. The maximum Gasteiger partial charge on any atom is 0.255 e. The molecule has 0 amide bonds. The number of unbranched alkanes of at least 4 members (excludes halogenated alkanes) is 9. The molecule has 0 aliphatic carbocycles. The van der Waals surface area contributed by atoms with Crippen LogP contribution in [0.4, 0.5) is 0 Å². The van der Waals surface area contributed by atoms with Gasteiger partial charge in [-0.25, -0.2) is 4.67 Å². The molecule has 0 spiro atoms. The van der Waals surface area contributed by atoms with E-state index in [2.05, 4.69) is 25.4 Å². The topological polar surface area (TPSA) is 32.7 Å². The van der Waals surface area contributed by atoms with Gasteiger partial charge in [-0.2, -0.15) is 0 Å². The molecule has 0 heterocycles. The van der Waals surface area contributed by atoms with E-state index in [1.54, 1.807) is 0 Å². The van der Waals surface area contributed by atoms with Crippen molar-refractivity contribution in [3.63, 3.8) is 0 Å². The molecule has 0 fully saturated rings. The molecule has 134 valence electrons. The van der Waals surface area contributed by atoms with Crippen LogP contribution < -0.4 is 0 Å². The Bertz CT molecular complexity index is 205. The molecule has 0 saturated carbocycles. The van der Waals surface area contributed by atoms with E-state index in [0.29, 0.717) is 6.61 Å². The van der Waals surface area contributed by atoms with Crippen LogP contribution in [0.1, 0.15) is 97.8 Å². The van der Waals surface area contributed by atoms with Gasteiger partial charge in [0.15, 0.2) is 0 Å². The smallest absolute Gasteiger partial charge is 0.255 e. The van der Waals surface area contributed by atoms with Gasteiger partial charge in [0.1, 0.15) is 0 Å². The zero-order valence-electron chi connectivity index (χ0n) is 15.4. The van der Waals surface area contributed by atoms with Crippen LogP contribution in [0, 0.1) is 0 Å². The second kappa shape index (κ2) is 17.7. The molecule has 3 nitrogen and oxygen atoms in total. The van der Waals surface area contributed by atoms with Gasteiger partial charge in [0.2, 0.25) is 0 Å². The fourth-order valence-corrected chi connectivity index (χ4v) is 3.56. The monoisotopic (exact) mass is 333 g/mol. The number of hydrogen-bond donors (Lipinski definition) is 1. The summed E-state index contributed by atoms with van der Waals surface area (Å²) in [5.74, 6) is 0. The summed E-state index contributed by atoms with van der Waals surface area (Å²) >= 11 is 0. The van der Waals surface area contributed by atoms with Gasteiger partial charge >= 0.3 is 0 Å². The minimum Gasteiger partial charge on any atom is -0.338 e. The molecule has 4 heteroatoms. The van der Waals surface area contributed by atoms with Crippen LogP contribution in [0.15, 0.2) is 0 Å². The fourth-order valence-electron chi connectivity index (χ4n) is 2.48. The van der Waals surface area contributed by atoms with Crippen LogP contribution in [-0.4, -0.2) is 29.3 Å².